The van der Waals surface area contributed by atoms with Crippen molar-refractivity contribution in [2.45, 2.75) is 51.3 Å². The van der Waals surface area contributed by atoms with Crippen molar-refractivity contribution in [3.8, 4) is 11.5 Å². The number of hydrazine groups is 1. The van der Waals surface area contributed by atoms with Crippen LogP contribution in [0, 0.1) is 0 Å². The molecule has 7 nitrogen and oxygen atoms in total. The van der Waals surface area contributed by atoms with Crippen LogP contribution in [0.5, 0.6) is 11.5 Å². The minimum atomic E-state index is -0.391. The van der Waals surface area contributed by atoms with Gasteiger partial charge in [0.15, 0.2) is 0 Å². The summed E-state index contributed by atoms with van der Waals surface area (Å²) in [4.78, 5) is 12.6. The monoisotopic (exact) mass is 520 g/mol. The number of hydrogen-bond donors (Lipinski definition) is 3. The van der Waals surface area contributed by atoms with Crippen molar-refractivity contribution in [3.63, 3.8) is 0 Å². The smallest absolute Gasteiger partial charge is 0.258 e. The van der Waals surface area contributed by atoms with Gasteiger partial charge in [-0.05, 0) is 66.4 Å². The molecule has 3 aromatic rings. The van der Waals surface area contributed by atoms with Crippen molar-refractivity contribution in [2.75, 3.05) is 6.61 Å². The molecule has 1 heterocycles. The molecule has 1 saturated heterocycles. The van der Waals surface area contributed by atoms with Gasteiger partial charge in [-0.3, -0.25) is 4.79 Å². The molecule has 2 atom stereocenters. The maximum Gasteiger partial charge on any atom is 0.258 e. The SMILES string of the molecule is CCCCCOc1ccc(/C=N/NC(=O)C2CC(c3ccc(OCc4ccccc4Cl)cc3)NN2)cc1. The average molecular weight is 521 g/mol. The van der Waals surface area contributed by atoms with Gasteiger partial charge in [0.2, 0.25) is 0 Å². The van der Waals surface area contributed by atoms with Crippen molar-refractivity contribution in [3.05, 3.63) is 94.5 Å². The van der Waals surface area contributed by atoms with Gasteiger partial charge < -0.3 is 9.47 Å². The van der Waals surface area contributed by atoms with Gasteiger partial charge in [-0.1, -0.05) is 61.7 Å². The highest BCUT2D eigenvalue weighted by Crippen LogP contribution is 2.25. The van der Waals surface area contributed by atoms with Gasteiger partial charge in [0.05, 0.1) is 12.8 Å². The van der Waals surface area contributed by atoms with E-state index in [1.165, 1.54) is 12.8 Å². The predicted molar refractivity (Wildman–Crippen MR) is 147 cm³/mol. The van der Waals surface area contributed by atoms with Crippen molar-refractivity contribution in [2.24, 2.45) is 5.10 Å². The van der Waals surface area contributed by atoms with Crippen molar-refractivity contribution >= 4 is 23.7 Å². The molecule has 37 heavy (non-hydrogen) atoms. The van der Waals surface area contributed by atoms with Gasteiger partial charge in [-0.25, -0.2) is 16.3 Å². The molecule has 8 heteroatoms. The standard InChI is InChI=1S/C29H33ClN4O3/c1-2-3-6-17-36-24-13-9-21(10-14-24)19-31-34-29(35)28-18-27(32-33-28)22-11-15-25(16-12-22)37-20-23-7-4-5-8-26(23)30/h4-5,7-16,19,27-28,32-33H,2-3,6,17-18,20H2,1H3,(H,34,35)/b31-19+. The summed E-state index contributed by atoms with van der Waals surface area (Å²) in [7, 11) is 0. The number of benzene rings is 3. The van der Waals surface area contributed by atoms with Crippen LogP contribution in [0.2, 0.25) is 5.02 Å². The highest BCUT2D eigenvalue weighted by molar-refractivity contribution is 6.31. The topological polar surface area (TPSA) is 84.0 Å². The number of hydrazone groups is 1. The molecule has 0 bridgehead atoms. The summed E-state index contributed by atoms with van der Waals surface area (Å²) in [5, 5.41) is 4.79. The summed E-state index contributed by atoms with van der Waals surface area (Å²) >= 11 is 6.19. The lowest BCUT2D eigenvalue weighted by molar-refractivity contribution is -0.122. The maximum atomic E-state index is 12.6. The molecule has 0 spiro atoms. The molecule has 0 aliphatic carbocycles. The van der Waals surface area contributed by atoms with E-state index in [2.05, 4.69) is 28.3 Å². The van der Waals surface area contributed by atoms with Gasteiger partial charge in [-0.15, -0.1) is 0 Å². The van der Waals surface area contributed by atoms with Gasteiger partial charge in [0.25, 0.3) is 5.91 Å². The zero-order valence-corrected chi connectivity index (χ0v) is 21.7. The molecule has 1 aliphatic rings. The normalized spacial score (nSPS) is 17.1. The molecule has 1 fully saturated rings. The first-order valence-electron chi connectivity index (χ1n) is 12.7. The van der Waals surface area contributed by atoms with Gasteiger partial charge in [-0.2, -0.15) is 5.10 Å². The van der Waals surface area contributed by atoms with E-state index in [0.29, 0.717) is 18.1 Å². The van der Waals surface area contributed by atoms with E-state index >= 15 is 0 Å². The Labute approximate surface area is 223 Å². The van der Waals surface area contributed by atoms with Crippen LogP contribution >= 0.6 is 11.6 Å². The van der Waals surface area contributed by atoms with Crippen molar-refractivity contribution in [1.82, 2.24) is 16.3 Å². The first-order chi connectivity index (χ1) is 18.1. The summed E-state index contributed by atoms with van der Waals surface area (Å²) < 4.78 is 11.6. The van der Waals surface area contributed by atoms with Crippen LogP contribution in [0.15, 0.2) is 77.9 Å². The number of hydrogen-bond acceptors (Lipinski definition) is 6. The molecule has 3 N–H and O–H groups in total. The van der Waals surface area contributed by atoms with Gasteiger partial charge >= 0.3 is 0 Å². The lowest BCUT2D eigenvalue weighted by Gasteiger charge is -2.12. The summed E-state index contributed by atoms with van der Waals surface area (Å²) in [6.07, 6.45) is 5.63. The van der Waals surface area contributed by atoms with Crippen molar-refractivity contribution in [1.29, 1.82) is 0 Å². The molecule has 0 radical (unpaired) electrons. The predicted octanol–water partition coefficient (Wildman–Crippen LogP) is 5.55. The zero-order chi connectivity index (χ0) is 25.9. The zero-order valence-electron chi connectivity index (χ0n) is 21.0. The number of unbranched alkanes of at least 4 members (excludes halogenated alkanes) is 2. The Morgan fingerprint density at radius 1 is 1.00 bits per heavy atom. The first-order valence-corrected chi connectivity index (χ1v) is 13.0. The van der Waals surface area contributed by atoms with Gasteiger partial charge in [0, 0.05) is 16.6 Å². The fraction of sp³-hybridized carbons (Fsp3) is 0.310. The second kappa shape index (κ2) is 13.8. The van der Waals surface area contributed by atoms with Crippen molar-refractivity contribution < 1.29 is 14.3 Å². The number of carbonyl (C=O) groups is 1. The Hall–Kier alpha value is -3.39. The fourth-order valence-electron chi connectivity index (χ4n) is 3.96. The number of ether oxygens (including phenoxy) is 2. The Balaban J connectivity index is 1.20. The number of nitrogens with zero attached hydrogens (tertiary/aromatic N) is 1. The number of amides is 1. The molecule has 1 aliphatic heterocycles. The first kappa shape index (κ1) is 26.7. The van der Waals surface area contributed by atoms with Crippen LogP contribution in [-0.2, 0) is 11.4 Å². The largest absolute Gasteiger partial charge is 0.494 e. The number of carbonyl (C=O) groups excluding carboxylic acids is 1. The van der Waals surface area contributed by atoms with E-state index < -0.39 is 6.04 Å². The third-order valence-electron chi connectivity index (χ3n) is 6.14. The van der Waals surface area contributed by atoms with Crippen LogP contribution < -0.4 is 25.8 Å². The van der Waals surface area contributed by atoms with Crippen LogP contribution in [-0.4, -0.2) is 24.8 Å². The van der Waals surface area contributed by atoms with E-state index in [1.54, 1.807) is 6.21 Å². The summed E-state index contributed by atoms with van der Waals surface area (Å²) in [5.74, 6) is 1.40. The molecule has 3 aromatic carbocycles. The molecule has 0 saturated carbocycles. The molecular weight excluding hydrogens is 488 g/mol. The van der Waals surface area contributed by atoms with E-state index in [1.807, 2.05) is 72.8 Å². The van der Waals surface area contributed by atoms with Crippen LogP contribution in [0.1, 0.15) is 55.3 Å². The number of halogens is 1. The molecule has 2 unspecified atom stereocenters. The Morgan fingerprint density at radius 2 is 1.73 bits per heavy atom. The second-order valence-corrected chi connectivity index (χ2v) is 9.34. The van der Waals surface area contributed by atoms with E-state index in [4.69, 9.17) is 21.1 Å². The van der Waals surface area contributed by atoms with Crippen LogP contribution in [0.25, 0.3) is 0 Å². The minimum absolute atomic E-state index is 0.00205. The number of nitrogens with one attached hydrogen (secondary N) is 3. The highest BCUT2D eigenvalue weighted by atomic mass is 35.5. The van der Waals surface area contributed by atoms with E-state index in [9.17, 15) is 4.79 Å². The summed E-state index contributed by atoms with van der Waals surface area (Å²) in [6, 6.07) is 22.7. The molecular formula is C29H33ClN4O3. The Kier molecular flexibility index (Phi) is 9.94. The maximum absolute atomic E-state index is 12.6. The summed E-state index contributed by atoms with van der Waals surface area (Å²) in [6.45, 7) is 3.30. The molecule has 1 amide bonds. The lowest BCUT2D eigenvalue weighted by atomic mass is 10.0. The van der Waals surface area contributed by atoms with E-state index in [0.717, 1.165) is 41.2 Å². The Bertz CT molecular complexity index is 1170. The summed E-state index contributed by atoms with van der Waals surface area (Å²) in [5.41, 5.74) is 11.8. The molecule has 194 valence electrons. The third-order valence-corrected chi connectivity index (χ3v) is 6.51. The van der Waals surface area contributed by atoms with Crippen LogP contribution in [0.4, 0.5) is 0 Å². The van der Waals surface area contributed by atoms with Crippen LogP contribution in [0.3, 0.4) is 0 Å². The molecule has 4 rings (SSSR count). The molecule has 0 aromatic heterocycles. The fourth-order valence-corrected chi connectivity index (χ4v) is 4.15. The minimum Gasteiger partial charge on any atom is -0.494 e. The second-order valence-electron chi connectivity index (χ2n) is 8.94. The number of rotatable bonds is 12. The lowest BCUT2D eigenvalue weighted by Crippen LogP contribution is -2.41. The quantitative estimate of drug-likeness (QED) is 0.166. The Morgan fingerprint density at radius 3 is 2.49 bits per heavy atom. The van der Waals surface area contributed by atoms with E-state index in [-0.39, 0.29) is 11.9 Å². The third kappa shape index (κ3) is 8.05. The van der Waals surface area contributed by atoms with Gasteiger partial charge in [0.1, 0.15) is 24.1 Å². The highest BCUT2D eigenvalue weighted by Gasteiger charge is 2.30. The average Bonchev–Trinajstić information content (AvgIpc) is 3.42.